The number of carbonyl (C=O) groups is 1. The van der Waals surface area contributed by atoms with E-state index in [2.05, 4.69) is 15.6 Å². The van der Waals surface area contributed by atoms with Crippen LogP contribution in [0.15, 0.2) is 18.3 Å². The molecule has 0 atom stereocenters. The van der Waals surface area contributed by atoms with Crippen molar-refractivity contribution < 1.29 is 4.79 Å². The molecule has 1 aromatic heterocycles. The Bertz CT molecular complexity index is 325. The average molecular weight is 207 g/mol. The normalized spacial score (nSPS) is 10.0. The smallest absolute Gasteiger partial charge is 0.270 e. The number of nitrogens with zero attached hydrogens (tertiary/aromatic N) is 1. The van der Waals surface area contributed by atoms with Crippen LogP contribution >= 0.6 is 0 Å². The molecule has 2 N–H and O–H groups in total. The summed E-state index contributed by atoms with van der Waals surface area (Å²) in [6, 6.07) is 3.71. The first kappa shape index (κ1) is 11.7. The molecule has 0 aliphatic heterocycles. The third-order valence-corrected chi connectivity index (χ3v) is 2.11. The SMILES string of the molecule is CNCCCNC(=O)c1ncccc1C. The molecule has 4 heteroatoms. The van der Waals surface area contributed by atoms with Crippen LogP contribution in [0.4, 0.5) is 0 Å². The predicted octanol–water partition coefficient (Wildman–Crippen LogP) is 0.729. The van der Waals surface area contributed by atoms with E-state index in [0.29, 0.717) is 12.2 Å². The third kappa shape index (κ3) is 3.67. The lowest BCUT2D eigenvalue weighted by Crippen LogP contribution is -2.27. The van der Waals surface area contributed by atoms with E-state index in [1.54, 1.807) is 6.20 Å². The van der Waals surface area contributed by atoms with Gasteiger partial charge >= 0.3 is 0 Å². The van der Waals surface area contributed by atoms with Crippen molar-refractivity contribution in [3.63, 3.8) is 0 Å². The molecule has 0 saturated carbocycles. The van der Waals surface area contributed by atoms with Crippen LogP contribution in [0.25, 0.3) is 0 Å². The summed E-state index contributed by atoms with van der Waals surface area (Å²) in [4.78, 5) is 15.7. The molecule has 1 aromatic rings. The van der Waals surface area contributed by atoms with Crippen molar-refractivity contribution in [2.75, 3.05) is 20.1 Å². The molecule has 82 valence electrons. The number of aryl methyl sites for hydroxylation is 1. The van der Waals surface area contributed by atoms with E-state index < -0.39 is 0 Å². The fraction of sp³-hybridized carbons (Fsp3) is 0.455. The van der Waals surface area contributed by atoms with Gasteiger partial charge in [0.1, 0.15) is 5.69 Å². The molecule has 4 nitrogen and oxygen atoms in total. The van der Waals surface area contributed by atoms with Crippen LogP contribution in [0.3, 0.4) is 0 Å². The molecule has 0 radical (unpaired) electrons. The van der Waals surface area contributed by atoms with Crippen LogP contribution in [0.1, 0.15) is 22.5 Å². The van der Waals surface area contributed by atoms with Crippen LogP contribution in [0.2, 0.25) is 0 Å². The van der Waals surface area contributed by atoms with Crippen LogP contribution in [-0.2, 0) is 0 Å². The Morgan fingerprint density at radius 1 is 1.47 bits per heavy atom. The Hall–Kier alpha value is -1.42. The molecule has 0 spiro atoms. The van der Waals surface area contributed by atoms with Crippen LogP contribution in [-0.4, -0.2) is 31.0 Å². The van der Waals surface area contributed by atoms with E-state index in [9.17, 15) is 4.79 Å². The van der Waals surface area contributed by atoms with E-state index in [1.165, 1.54) is 0 Å². The summed E-state index contributed by atoms with van der Waals surface area (Å²) in [6.45, 7) is 3.46. The molecule has 15 heavy (non-hydrogen) atoms. The maximum absolute atomic E-state index is 11.6. The minimum Gasteiger partial charge on any atom is -0.351 e. The molecule has 0 unspecified atom stereocenters. The molecule has 0 aliphatic carbocycles. The number of amides is 1. The van der Waals surface area contributed by atoms with Crippen molar-refractivity contribution in [2.24, 2.45) is 0 Å². The summed E-state index contributed by atoms with van der Waals surface area (Å²) in [7, 11) is 1.89. The number of nitrogens with one attached hydrogen (secondary N) is 2. The lowest BCUT2D eigenvalue weighted by atomic mass is 10.2. The van der Waals surface area contributed by atoms with Gasteiger partial charge < -0.3 is 10.6 Å². The Kier molecular flexibility index (Phi) is 4.77. The molecule has 1 heterocycles. The predicted molar refractivity (Wildman–Crippen MR) is 59.9 cm³/mol. The van der Waals surface area contributed by atoms with Crippen molar-refractivity contribution in [3.8, 4) is 0 Å². The van der Waals surface area contributed by atoms with Gasteiger partial charge in [-0.25, -0.2) is 0 Å². The van der Waals surface area contributed by atoms with Gasteiger partial charge in [-0.3, -0.25) is 9.78 Å². The highest BCUT2D eigenvalue weighted by atomic mass is 16.1. The van der Waals surface area contributed by atoms with E-state index in [4.69, 9.17) is 0 Å². The first-order chi connectivity index (χ1) is 7.25. The second kappa shape index (κ2) is 6.14. The zero-order chi connectivity index (χ0) is 11.1. The molecule has 1 rings (SSSR count). The molecule has 0 aliphatic rings. The minimum atomic E-state index is -0.0933. The zero-order valence-electron chi connectivity index (χ0n) is 9.21. The molecule has 0 saturated heterocycles. The summed E-state index contributed by atoms with van der Waals surface area (Å²) < 4.78 is 0. The molecular formula is C11H17N3O. The van der Waals surface area contributed by atoms with E-state index in [1.807, 2.05) is 26.1 Å². The van der Waals surface area contributed by atoms with Crippen molar-refractivity contribution in [1.29, 1.82) is 0 Å². The van der Waals surface area contributed by atoms with E-state index in [0.717, 1.165) is 18.5 Å². The molecular weight excluding hydrogens is 190 g/mol. The molecule has 1 amide bonds. The highest BCUT2D eigenvalue weighted by Crippen LogP contribution is 2.02. The van der Waals surface area contributed by atoms with Gasteiger partial charge in [0.05, 0.1) is 0 Å². The highest BCUT2D eigenvalue weighted by molar-refractivity contribution is 5.93. The Morgan fingerprint density at radius 2 is 2.27 bits per heavy atom. The third-order valence-electron chi connectivity index (χ3n) is 2.11. The first-order valence-corrected chi connectivity index (χ1v) is 5.10. The van der Waals surface area contributed by atoms with Gasteiger partial charge in [0.2, 0.25) is 0 Å². The Morgan fingerprint density at radius 3 is 2.93 bits per heavy atom. The lowest BCUT2D eigenvalue weighted by Gasteiger charge is -2.05. The second-order valence-electron chi connectivity index (χ2n) is 3.38. The van der Waals surface area contributed by atoms with Gasteiger partial charge in [-0.05, 0) is 38.6 Å². The van der Waals surface area contributed by atoms with Crippen molar-refractivity contribution in [2.45, 2.75) is 13.3 Å². The number of aromatic nitrogens is 1. The van der Waals surface area contributed by atoms with Crippen LogP contribution in [0.5, 0.6) is 0 Å². The Balaban J connectivity index is 2.44. The summed E-state index contributed by atoms with van der Waals surface area (Å²) in [5.41, 5.74) is 1.42. The van der Waals surface area contributed by atoms with Gasteiger partial charge in [-0.15, -0.1) is 0 Å². The van der Waals surface area contributed by atoms with Crippen LogP contribution in [0, 0.1) is 6.92 Å². The number of hydrogen-bond acceptors (Lipinski definition) is 3. The highest BCUT2D eigenvalue weighted by Gasteiger charge is 2.08. The first-order valence-electron chi connectivity index (χ1n) is 5.10. The molecule has 0 bridgehead atoms. The fourth-order valence-corrected chi connectivity index (χ4v) is 1.27. The lowest BCUT2D eigenvalue weighted by molar-refractivity contribution is 0.0947. The zero-order valence-corrected chi connectivity index (χ0v) is 9.21. The maximum atomic E-state index is 11.6. The quantitative estimate of drug-likeness (QED) is 0.700. The standard InChI is InChI=1S/C11H17N3O/c1-9-5-3-7-13-10(9)11(15)14-8-4-6-12-2/h3,5,7,12H,4,6,8H2,1-2H3,(H,14,15). The van der Waals surface area contributed by atoms with Crippen molar-refractivity contribution in [3.05, 3.63) is 29.6 Å². The maximum Gasteiger partial charge on any atom is 0.270 e. The monoisotopic (exact) mass is 207 g/mol. The Labute approximate surface area is 90.1 Å². The fourth-order valence-electron chi connectivity index (χ4n) is 1.27. The topological polar surface area (TPSA) is 54.0 Å². The minimum absolute atomic E-state index is 0.0933. The second-order valence-corrected chi connectivity index (χ2v) is 3.38. The molecule has 0 fully saturated rings. The van der Waals surface area contributed by atoms with Crippen molar-refractivity contribution in [1.82, 2.24) is 15.6 Å². The van der Waals surface area contributed by atoms with Gasteiger partial charge in [0.15, 0.2) is 0 Å². The number of carbonyl (C=O) groups excluding carboxylic acids is 1. The summed E-state index contributed by atoms with van der Waals surface area (Å²) >= 11 is 0. The van der Waals surface area contributed by atoms with E-state index >= 15 is 0 Å². The average Bonchev–Trinajstić information content (AvgIpc) is 2.25. The summed E-state index contributed by atoms with van der Waals surface area (Å²) in [5.74, 6) is -0.0933. The van der Waals surface area contributed by atoms with Crippen molar-refractivity contribution >= 4 is 5.91 Å². The number of rotatable bonds is 5. The van der Waals surface area contributed by atoms with Gasteiger partial charge in [0, 0.05) is 12.7 Å². The van der Waals surface area contributed by atoms with Gasteiger partial charge in [-0.1, -0.05) is 6.07 Å². The molecule has 0 aromatic carbocycles. The number of hydrogen-bond donors (Lipinski definition) is 2. The summed E-state index contributed by atoms with van der Waals surface area (Å²) in [5, 5.41) is 5.86. The largest absolute Gasteiger partial charge is 0.351 e. The van der Waals surface area contributed by atoms with Gasteiger partial charge in [0.25, 0.3) is 5.91 Å². The summed E-state index contributed by atoms with van der Waals surface area (Å²) in [6.07, 6.45) is 2.56. The van der Waals surface area contributed by atoms with Gasteiger partial charge in [-0.2, -0.15) is 0 Å². The number of pyridine rings is 1. The van der Waals surface area contributed by atoms with E-state index in [-0.39, 0.29) is 5.91 Å². The van der Waals surface area contributed by atoms with Crippen LogP contribution < -0.4 is 10.6 Å².